The minimum Gasteiger partial charge on any atom is -0.232 e. The van der Waals surface area contributed by atoms with Crippen molar-refractivity contribution in [1.29, 1.82) is 0 Å². The minimum atomic E-state index is -3.39. The lowest BCUT2D eigenvalue weighted by molar-refractivity contribution is 0.396. The lowest BCUT2D eigenvalue weighted by Gasteiger charge is -2.20. The van der Waals surface area contributed by atoms with Crippen molar-refractivity contribution in [3.8, 4) is 0 Å². The largest absolute Gasteiger partial charge is 0.254 e. The molecule has 0 aliphatic heterocycles. The average molecular weight is 295 g/mol. The number of sulfonamides is 1. The molecule has 0 bridgehead atoms. The van der Waals surface area contributed by atoms with Crippen LogP contribution < -0.4 is 0 Å². The zero-order chi connectivity index (χ0) is 12.5. The highest BCUT2D eigenvalue weighted by Gasteiger charge is 2.32. The smallest absolute Gasteiger partial charge is 0.232 e. The molecule has 0 saturated heterocycles. The Morgan fingerprint density at radius 3 is 2.76 bits per heavy atom. The highest BCUT2D eigenvalue weighted by atomic mass is 35.5. The predicted octanol–water partition coefficient (Wildman–Crippen LogP) is 2.61. The molecule has 96 valence electrons. The normalized spacial score (nSPS) is 16.6. The second-order valence-electron chi connectivity index (χ2n) is 4.24. The molecule has 0 amide bonds. The van der Waals surface area contributed by atoms with Gasteiger partial charge < -0.3 is 0 Å². The van der Waals surface area contributed by atoms with Crippen LogP contribution in [0.4, 0.5) is 0 Å². The number of hydrogen-bond donors (Lipinski definition) is 0. The van der Waals surface area contributed by atoms with E-state index in [9.17, 15) is 8.42 Å². The topological polar surface area (TPSA) is 50.3 Å². The van der Waals surface area contributed by atoms with Gasteiger partial charge >= 0.3 is 0 Å². The van der Waals surface area contributed by atoms with Crippen molar-refractivity contribution in [2.45, 2.75) is 30.4 Å². The number of nitrogens with zero attached hydrogens (tertiary/aromatic N) is 2. The molecule has 0 aromatic carbocycles. The maximum absolute atomic E-state index is 12.3. The van der Waals surface area contributed by atoms with Gasteiger partial charge in [-0.3, -0.25) is 0 Å². The number of thiazole rings is 1. The fourth-order valence-electron chi connectivity index (χ4n) is 1.63. The van der Waals surface area contributed by atoms with Crippen LogP contribution in [-0.4, -0.2) is 30.8 Å². The second kappa shape index (κ2) is 5.22. The number of aromatic nitrogens is 1. The summed E-state index contributed by atoms with van der Waals surface area (Å²) in [5.74, 6) is 0.541. The van der Waals surface area contributed by atoms with E-state index in [-0.39, 0.29) is 8.68 Å². The molecule has 4 nitrogen and oxygen atoms in total. The fraction of sp³-hybridized carbons (Fsp3) is 0.700. The first-order valence-corrected chi connectivity index (χ1v) is 8.29. The average Bonchev–Trinajstić information content (AvgIpc) is 2.98. The molecule has 0 atom stereocenters. The van der Waals surface area contributed by atoms with Crippen molar-refractivity contribution >= 4 is 33.0 Å². The van der Waals surface area contributed by atoms with Crippen LogP contribution in [0.25, 0.3) is 0 Å². The molecule has 2 rings (SSSR count). The van der Waals surface area contributed by atoms with E-state index in [2.05, 4.69) is 4.98 Å². The number of halogens is 1. The van der Waals surface area contributed by atoms with Crippen LogP contribution in [0, 0.1) is 5.92 Å². The minimum absolute atomic E-state index is 0.247. The van der Waals surface area contributed by atoms with Crippen LogP contribution in [-0.2, 0) is 10.0 Å². The van der Waals surface area contributed by atoms with Gasteiger partial charge in [-0.1, -0.05) is 29.9 Å². The van der Waals surface area contributed by atoms with E-state index >= 15 is 0 Å². The van der Waals surface area contributed by atoms with Crippen molar-refractivity contribution in [3.63, 3.8) is 0 Å². The molecule has 0 unspecified atom stereocenters. The molecule has 0 radical (unpaired) electrons. The standard InChI is InChI=1S/C10H15ClN2O2S2/c1-2-5-13(7-8-3-4-8)17(14,15)9-6-12-10(11)16-9/h6,8H,2-5,7H2,1H3. The van der Waals surface area contributed by atoms with Gasteiger partial charge in [0, 0.05) is 13.1 Å². The summed E-state index contributed by atoms with van der Waals surface area (Å²) in [5, 5.41) is 0. The highest BCUT2D eigenvalue weighted by molar-refractivity contribution is 7.91. The van der Waals surface area contributed by atoms with Gasteiger partial charge in [-0.15, -0.1) is 0 Å². The fourth-order valence-corrected chi connectivity index (χ4v) is 4.69. The summed E-state index contributed by atoms with van der Waals surface area (Å²) < 4.78 is 26.8. The molecular weight excluding hydrogens is 280 g/mol. The first-order valence-electron chi connectivity index (χ1n) is 5.65. The predicted molar refractivity (Wildman–Crippen MR) is 68.9 cm³/mol. The summed E-state index contributed by atoms with van der Waals surface area (Å²) in [6.45, 7) is 3.18. The van der Waals surface area contributed by atoms with Gasteiger partial charge in [0.1, 0.15) is 0 Å². The van der Waals surface area contributed by atoms with Crippen LogP contribution in [0.15, 0.2) is 10.4 Å². The van der Waals surface area contributed by atoms with Crippen LogP contribution >= 0.6 is 22.9 Å². The van der Waals surface area contributed by atoms with Gasteiger partial charge in [0.2, 0.25) is 0 Å². The van der Waals surface area contributed by atoms with Crippen molar-refractivity contribution in [2.75, 3.05) is 13.1 Å². The highest BCUT2D eigenvalue weighted by Crippen LogP contribution is 2.33. The molecule has 17 heavy (non-hydrogen) atoms. The molecule has 1 saturated carbocycles. The Hall–Kier alpha value is -0.170. The van der Waals surface area contributed by atoms with Crippen molar-refractivity contribution in [1.82, 2.24) is 9.29 Å². The molecule has 7 heteroatoms. The van der Waals surface area contributed by atoms with Crippen LogP contribution in [0.5, 0.6) is 0 Å². The summed E-state index contributed by atoms with van der Waals surface area (Å²) in [7, 11) is -3.39. The molecule has 1 heterocycles. The summed E-state index contributed by atoms with van der Waals surface area (Å²) >= 11 is 6.71. The van der Waals surface area contributed by atoms with Gasteiger partial charge in [0.05, 0.1) is 6.20 Å². The monoisotopic (exact) mass is 294 g/mol. The molecule has 0 spiro atoms. The number of rotatable bonds is 6. The Bertz CT molecular complexity index is 482. The van der Waals surface area contributed by atoms with E-state index in [1.807, 2.05) is 6.92 Å². The lowest BCUT2D eigenvalue weighted by atomic mass is 10.4. The Balaban J connectivity index is 2.20. The van der Waals surface area contributed by atoms with Crippen LogP contribution in [0.2, 0.25) is 4.47 Å². The summed E-state index contributed by atoms with van der Waals surface area (Å²) in [6.07, 6.45) is 4.44. The molecule has 0 N–H and O–H groups in total. The van der Waals surface area contributed by atoms with Gasteiger partial charge in [-0.25, -0.2) is 13.4 Å². The van der Waals surface area contributed by atoms with Gasteiger partial charge in [-0.05, 0) is 25.2 Å². The third-order valence-corrected chi connectivity index (χ3v) is 6.10. The van der Waals surface area contributed by atoms with Crippen LogP contribution in [0.1, 0.15) is 26.2 Å². The second-order valence-corrected chi connectivity index (χ2v) is 8.02. The van der Waals surface area contributed by atoms with Gasteiger partial charge in [0.25, 0.3) is 10.0 Å². The van der Waals surface area contributed by atoms with E-state index in [1.54, 1.807) is 4.31 Å². The molecule has 1 aliphatic carbocycles. The Labute approximate surface area is 111 Å². The Kier molecular flexibility index (Phi) is 4.07. The quantitative estimate of drug-likeness (QED) is 0.810. The van der Waals surface area contributed by atoms with Gasteiger partial charge in [-0.2, -0.15) is 4.31 Å². The maximum atomic E-state index is 12.3. The van der Waals surface area contributed by atoms with E-state index in [4.69, 9.17) is 11.6 Å². The summed E-state index contributed by atoms with van der Waals surface area (Å²) in [5.41, 5.74) is 0. The third kappa shape index (κ3) is 3.19. The number of hydrogen-bond acceptors (Lipinski definition) is 4. The van der Waals surface area contributed by atoms with Crippen LogP contribution in [0.3, 0.4) is 0 Å². The Morgan fingerprint density at radius 2 is 2.29 bits per heavy atom. The molecular formula is C10H15ClN2O2S2. The van der Waals surface area contributed by atoms with E-state index in [0.717, 1.165) is 30.6 Å². The first-order chi connectivity index (χ1) is 8.04. The zero-order valence-electron chi connectivity index (χ0n) is 9.60. The van der Waals surface area contributed by atoms with E-state index < -0.39 is 10.0 Å². The van der Waals surface area contributed by atoms with Crippen molar-refractivity contribution in [3.05, 3.63) is 10.7 Å². The summed E-state index contributed by atoms with van der Waals surface area (Å²) in [6, 6.07) is 0. The molecule has 1 fully saturated rings. The van der Waals surface area contributed by atoms with Crippen molar-refractivity contribution in [2.24, 2.45) is 5.92 Å². The molecule has 1 aliphatic rings. The molecule has 1 aromatic heterocycles. The lowest BCUT2D eigenvalue weighted by Crippen LogP contribution is -2.33. The van der Waals surface area contributed by atoms with E-state index in [0.29, 0.717) is 19.0 Å². The SMILES string of the molecule is CCCN(CC1CC1)S(=O)(=O)c1cnc(Cl)s1. The first kappa shape index (κ1) is 13.3. The summed E-state index contributed by atoms with van der Waals surface area (Å²) in [4.78, 5) is 3.80. The van der Waals surface area contributed by atoms with Crippen molar-refractivity contribution < 1.29 is 8.42 Å². The zero-order valence-corrected chi connectivity index (χ0v) is 12.0. The van der Waals surface area contributed by atoms with Gasteiger partial charge in [0.15, 0.2) is 8.68 Å². The Morgan fingerprint density at radius 1 is 1.59 bits per heavy atom. The third-order valence-electron chi connectivity index (χ3n) is 2.68. The van der Waals surface area contributed by atoms with E-state index in [1.165, 1.54) is 6.20 Å². The maximum Gasteiger partial charge on any atom is 0.254 e. The molecule has 1 aromatic rings.